The van der Waals surface area contributed by atoms with Crippen LogP contribution in [0.5, 0.6) is 11.5 Å². The molecule has 0 radical (unpaired) electrons. The number of rotatable bonds is 6. The highest BCUT2D eigenvalue weighted by molar-refractivity contribution is 6.30. The molecule has 0 heterocycles. The van der Waals surface area contributed by atoms with Gasteiger partial charge in [0.25, 0.3) is 0 Å². The molecule has 0 saturated carbocycles. The van der Waals surface area contributed by atoms with Crippen molar-refractivity contribution in [3.8, 4) is 11.5 Å². The SMILES string of the molecule is CNC(COc1ccc(Cl)cc1)c1cc(F)ccc1OC. The Balaban J connectivity index is 2.12. The van der Waals surface area contributed by atoms with Gasteiger partial charge in [-0.2, -0.15) is 0 Å². The van der Waals surface area contributed by atoms with Crippen molar-refractivity contribution < 1.29 is 13.9 Å². The Morgan fingerprint density at radius 2 is 1.90 bits per heavy atom. The molecule has 1 atom stereocenters. The normalized spacial score (nSPS) is 12.0. The highest BCUT2D eigenvalue weighted by Gasteiger charge is 2.16. The predicted octanol–water partition coefficient (Wildman–Crippen LogP) is 3.83. The minimum atomic E-state index is -0.308. The molecule has 0 bridgehead atoms. The third kappa shape index (κ3) is 4.09. The Kier molecular flexibility index (Phi) is 5.42. The third-order valence-electron chi connectivity index (χ3n) is 3.15. The van der Waals surface area contributed by atoms with Crippen LogP contribution in [0, 0.1) is 5.82 Å². The summed E-state index contributed by atoms with van der Waals surface area (Å²) in [6.45, 7) is 0.345. The summed E-state index contributed by atoms with van der Waals surface area (Å²) in [5, 5.41) is 3.76. The molecule has 0 aliphatic rings. The third-order valence-corrected chi connectivity index (χ3v) is 3.40. The largest absolute Gasteiger partial charge is 0.496 e. The van der Waals surface area contributed by atoms with E-state index >= 15 is 0 Å². The molecular formula is C16H17ClFNO2. The Morgan fingerprint density at radius 3 is 2.52 bits per heavy atom. The predicted molar refractivity (Wildman–Crippen MR) is 81.7 cm³/mol. The van der Waals surface area contributed by atoms with Crippen LogP contribution in [0.3, 0.4) is 0 Å². The van der Waals surface area contributed by atoms with Crippen LogP contribution in [0.2, 0.25) is 5.02 Å². The van der Waals surface area contributed by atoms with Crippen molar-refractivity contribution in [2.45, 2.75) is 6.04 Å². The van der Waals surface area contributed by atoms with Gasteiger partial charge in [0.05, 0.1) is 13.2 Å². The summed E-state index contributed by atoms with van der Waals surface area (Å²) in [6, 6.07) is 11.3. The summed E-state index contributed by atoms with van der Waals surface area (Å²) >= 11 is 5.83. The maximum absolute atomic E-state index is 13.4. The molecule has 2 aromatic rings. The van der Waals surface area contributed by atoms with Gasteiger partial charge in [-0.05, 0) is 49.5 Å². The number of hydrogen-bond donors (Lipinski definition) is 1. The van der Waals surface area contributed by atoms with Crippen molar-refractivity contribution >= 4 is 11.6 Å². The summed E-state index contributed by atoms with van der Waals surface area (Å²) in [5.41, 5.74) is 0.717. The van der Waals surface area contributed by atoms with Gasteiger partial charge in [-0.3, -0.25) is 0 Å². The van der Waals surface area contributed by atoms with Crippen molar-refractivity contribution in [3.63, 3.8) is 0 Å². The maximum Gasteiger partial charge on any atom is 0.123 e. The zero-order chi connectivity index (χ0) is 15.2. The second-order valence-electron chi connectivity index (χ2n) is 4.49. The van der Waals surface area contributed by atoms with Crippen molar-refractivity contribution in [1.29, 1.82) is 0 Å². The maximum atomic E-state index is 13.4. The zero-order valence-corrected chi connectivity index (χ0v) is 12.7. The van der Waals surface area contributed by atoms with E-state index in [1.807, 2.05) is 0 Å². The van der Waals surface area contributed by atoms with E-state index in [9.17, 15) is 4.39 Å². The van der Waals surface area contributed by atoms with Crippen molar-refractivity contribution in [2.24, 2.45) is 0 Å². The van der Waals surface area contributed by atoms with Crippen LogP contribution in [-0.4, -0.2) is 20.8 Å². The van der Waals surface area contributed by atoms with E-state index in [0.717, 1.165) is 0 Å². The number of hydrogen-bond acceptors (Lipinski definition) is 3. The van der Waals surface area contributed by atoms with Gasteiger partial charge < -0.3 is 14.8 Å². The van der Waals surface area contributed by atoms with E-state index in [0.29, 0.717) is 28.7 Å². The monoisotopic (exact) mass is 309 g/mol. The number of halogens is 2. The van der Waals surface area contributed by atoms with Gasteiger partial charge in [-0.1, -0.05) is 11.6 Å². The number of ether oxygens (including phenoxy) is 2. The number of nitrogens with one attached hydrogen (secondary N) is 1. The second kappa shape index (κ2) is 7.29. The van der Waals surface area contributed by atoms with Crippen LogP contribution in [0.4, 0.5) is 4.39 Å². The van der Waals surface area contributed by atoms with E-state index in [1.165, 1.54) is 12.1 Å². The Labute approximate surface area is 128 Å². The molecule has 112 valence electrons. The molecule has 21 heavy (non-hydrogen) atoms. The molecule has 1 N–H and O–H groups in total. The van der Waals surface area contributed by atoms with Crippen LogP contribution in [-0.2, 0) is 0 Å². The van der Waals surface area contributed by atoms with Gasteiger partial charge in [-0.15, -0.1) is 0 Å². The minimum absolute atomic E-state index is 0.189. The van der Waals surface area contributed by atoms with Crippen LogP contribution < -0.4 is 14.8 Å². The summed E-state index contributed by atoms with van der Waals surface area (Å²) in [6.07, 6.45) is 0. The molecule has 2 rings (SSSR count). The average Bonchev–Trinajstić information content (AvgIpc) is 2.50. The molecule has 0 fully saturated rings. The standard InChI is InChI=1S/C16H17ClFNO2/c1-19-15(10-21-13-6-3-11(17)4-7-13)14-9-12(18)5-8-16(14)20-2/h3-9,15,19H,10H2,1-2H3. The Bertz CT molecular complexity index is 589. The quantitative estimate of drug-likeness (QED) is 0.880. The Hall–Kier alpha value is -1.78. The molecule has 0 aliphatic carbocycles. The summed E-state index contributed by atoms with van der Waals surface area (Å²) in [5.74, 6) is 1.02. The average molecular weight is 310 g/mol. The fourth-order valence-corrected chi connectivity index (χ4v) is 2.14. The first-order valence-electron chi connectivity index (χ1n) is 6.53. The van der Waals surface area contributed by atoms with Gasteiger partial charge in [-0.25, -0.2) is 4.39 Å². The van der Waals surface area contributed by atoms with E-state index in [-0.39, 0.29) is 11.9 Å². The molecule has 0 aliphatic heterocycles. The fraction of sp³-hybridized carbons (Fsp3) is 0.250. The first kappa shape index (κ1) is 15.6. The van der Waals surface area contributed by atoms with Crippen LogP contribution in [0.15, 0.2) is 42.5 Å². The lowest BCUT2D eigenvalue weighted by Crippen LogP contribution is -2.24. The smallest absolute Gasteiger partial charge is 0.123 e. The first-order chi connectivity index (χ1) is 10.1. The van der Waals surface area contributed by atoms with E-state index in [4.69, 9.17) is 21.1 Å². The molecule has 3 nitrogen and oxygen atoms in total. The summed E-state index contributed by atoms with van der Waals surface area (Å²) < 4.78 is 24.4. The highest BCUT2D eigenvalue weighted by Crippen LogP contribution is 2.27. The van der Waals surface area contributed by atoms with Crippen LogP contribution >= 0.6 is 11.6 Å². The van der Waals surface area contributed by atoms with E-state index in [1.54, 1.807) is 44.5 Å². The highest BCUT2D eigenvalue weighted by atomic mass is 35.5. The lowest BCUT2D eigenvalue weighted by atomic mass is 10.1. The van der Waals surface area contributed by atoms with E-state index in [2.05, 4.69) is 5.32 Å². The van der Waals surface area contributed by atoms with Gasteiger partial charge in [0, 0.05) is 10.6 Å². The summed E-state index contributed by atoms with van der Waals surface area (Å²) in [4.78, 5) is 0. The van der Waals surface area contributed by atoms with Crippen molar-refractivity contribution in [2.75, 3.05) is 20.8 Å². The molecule has 0 aromatic heterocycles. The fourth-order valence-electron chi connectivity index (χ4n) is 2.02. The van der Waals surface area contributed by atoms with E-state index < -0.39 is 0 Å². The molecular weight excluding hydrogens is 293 g/mol. The lowest BCUT2D eigenvalue weighted by Gasteiger charge is -2.20. The minimum Gasteiger partial charge on any atom is -0.496 e. The second-order valence-corrected chi connectivity index (χ2v) is 4.93. The zero-order valence-electron chi connectivity index (χ0n) is 11.9. The molecule has 0 amide bonds. The van der Waals surface area contributed by atoms with Crippen molar-refractivity contribution in [1.82, 2.24) is 5.32 Å². The van der Waals surface area contributed by atoms with Gasteiger partial charge in [0.2, 0.25) is 0 Å². The molecule has 0 saturated heterocycles. The molecule has 2 aromatic carbocycles. The van der Waals surface area contributed by atoms with Crippen LogP contribution in [0.25, 0.3) is 0 Å². The topological polar surface area (TPSA) is 30.5 Å². The lowest BCUT2D eigenvalue weighted by molar-refractivity contribution is 0.268. The van der Waals surface area contributed by atoms with Gasteiger partial charge in [0.15, 0.2) is 0 Å². The van der Waals surface area contributed by atoms with Gasteiger partial charge >= 0.3 is 0 Å². The number of methoxy groups -OCH3 is 1. The Morgan fingerprint density at radius 1 is 1.19 bits per heavy atom. The number of likely N-dealkylation sites (N-methyl/N-ethyl adjacent to an activating group) is 1. The summed E-state index contributed by atoms with van der Waals surface area (Å²) in [7, 11) is 3.35. The number of benzene rings is 2. The molecule has 0 spiro atoms. The molecule has 1 unspecified atom stereocenters. The molecule has 5 heteroatoms. The van der Waals surface area contributed by atoms with Crippen molar-refractivity contribution in [3.05, 3.63) is 58.9 Å². The first-order valence-corrected chi connectivity index (χ1v) is 6.91. The van der Waals surface area contributed by atoms with Crippen LogP contribution in [0.1, 0.15) is 11.6 Å². The van der Waals surface area contributed by atoms with Gasteiger partial charge in [0.1, 0.15) is 23.9 Å².